The maximum atomic E-state index is 12.2. The first-order chi connectivity index (χ1) is 12.0. The number of hydrogen-bond acceptors (Lipinski definition) is 3. The SMILES string of the molecule is CC1CC(C(=O)O)CN(C(=O)NCCCOC(C)c2ccccc2)C1. The Morgan fingerprint density at radius 3 is 2.72 bits per heavy atom. The summed E-state index contributed by atoms with van der Waals surface area (Å²) in [6.07, 6.45) is 1.37. The van der Waals surface area contributed by atoms with Gasteiger partial charge in [-0.05, 0) is 31.2 Å². The van der Waals surface area contributed by atoms with Gasteiger partial charge in [-0.15, -0.1) is 0 Å². The van der Waals surface area contributed by atoms with Crippen molar-refractivity contribution in [3.8, 4) is 0 Å². The second-order valence-corrected chi connectivity index (χ2v) is 6.79. The molecule has 1 saturated heterocycles. The molecule has 138 valence electrons. The molecule has 0 bridgehead atoms. The van der Waals surface area contributed by atoms with Crippen LogP contribution in [-0.4, -0.2) is 48.2 Å². The minimum atomic E-state index is -0.826. The van der Waals surface area contributed by atoms with Crippen LogP contribution in [0.25, 0.3) is 0 Å². The lowest BCUT2D eigenvalue weighted by Gasteiger charge is -2.34. The fourth-order valence-electron chi connectivity index (χ4n) is 3.16. The molecule has 6 nitrogen and oxygen atoms in total. The molecule has 0 radical (unpaired) electrons. The number of aliphatic carboxylic acids is 1. The van der Waals surface area contributed by atoms with E-state index in [0.29, 0.717) is 32.5 Å². The lowest BCUT2D eigenvalue weighted by molar-refractivity contribution is -0.143. The summed E-state index contributed by atoms with van der Waals surface area (Å²) in [7, 11) is 0. The van der Waals surface area contributed by atoms with E-state index in [1.54, 1.807) is 4.90 Å². The topological polar surface area (TPSA) is 78.9 Å². The van der Waals surface area contributed by atoms with Crippen LogP contribution in [0, 0.1) is 11.8 Å². The van der Waals surface area contributed by atoms with Gasteiger partial charge in [0.1, 0.15) is 0 Å². The molecule has 0 saturated carbocycles. The molecule has 2 rings (SSSR count). The van der Waals surface area contributed by atoms with E-state index in [9.17, 15) is 14.7 Å². The van der Waals surface area contributed by atoms with Gasteiger partial charge in [0.05, 0.1) is 12.0 Å². The maximum Gasteiger partial charge on any atom is 0.317 e. The molecule has 1 aliphatic heterocycles. The predicted octanol–water partition coefficient (Wildman–Crippen LogP) is 2.91. The summed E-state index contributed by atoms with van der Waals surface area (Å²) in [6, 6.07) is 9.82. The van der Waals surface area contributed by atoms with Crippen molar-refractivity contribution >= 4 is 12.0 Å². The molecule has 2 N–H and O–H groups in total. The van der Waals surface area contributed by atoms with Crippen LogP contribution in [0.4, 0.5) is 4.79 Å². The molecular weight excluding hydrogens is 320 g/mol. The highest BCUT2D eigenvalue weighted by Crippen LogP contribution is 2.21. The second-order valence-electron chi connectivity index (χ2n) is 6.79. The molecule has 2 amide bonds. The standard InChI is InChI=1S/C19H28N2O4/c1-14-11-17(18(22)23)13-21(12-14)19(24)20-9-6-10-25-15(2)16-7-4-3-5-8-16/h3-5,7-8,14-15,17H,6,9-13H2,1-2H3,(H,20,24)(H,22,23). The maximum absolute atomic E-state index is 12.2. The first kappa shape index (κ1) is 19.2. The number of nitrogens with one attached hydrogen (secondary N) is 1. The molecule has 1 fully saturated rings. The van der Waals surface area contributed by atoms with Crippen molar-refractivity contribution in [3.05, 3.63) is 35.9 Å². The third-order valence-electron chi connectivity index (χ3n) is 4.53. The number of amides is 2. The number of piperidine rings is 1. The van der Waals surface area contributed by atoms with Gasteiger partial charge in [-0.3, -0.25) is 4.79 Å². The Kier molecular flexibility index (Phi) is 7.25. The van der Waals surface area contributed by atoms with Gasteiger partial charge in [-0.1, -0.05) is 37.3 Å². The van der Waals surface area contributed by atoms with Crippen molar-refractivity contribution in [3.63, 3.8) is 0 Å². The Hall–Kier alpha value is -2.08. The molecule has 1 aromatic rings. The first-order valence-electron chi connectivity index (χ1n) is 8.89. The predicted molar refractivity (Wildman–Crippen MR) is 95.3 cm³/mol. The van der Waals surface area contributed by atoms with Crippen LogP contribution in [0.1, 0.15) is 38.4 Å². The Morgan fingerprint density at radius 1 is 1.32 bits per heavy atom. The Labute approximate surface area is 149 Å². The highest BCUT2D eigenvalue weighted by atomic mass is 16.5. The van der Waals surface area contributed by atoms with E-state index in [-0.39, 0.29) is 24.6 Å². The largest absolute Gasteiger partial charge is 0.481 e. The number of carbonyl (C=O) groups is 2. The lowest BCUT2D eigenvalue weighted by Crippen LogP contribution is -2.49. The minimum absolute atomic E-state index is 0.0242. The number of carbonyl (C=O) groups excluding carboxylic acids is 1. The van der Waals surface area contributed by atoms with Gasteiger partial charge in [0.15, 0.2) is 0 Å². The van der Waals surface area contributed by atoms with Crippen LogP contribution in [0.2, 0.25) is 0 Å². The van der Waals surface area contributed by atoms with E-state index in [1.165, 1.54) is 0 Å². The molecular formula is C19H28N2O4. The summed E-state index contributed by atoms with van der Waals surface area (Å²) >= 11 is 0. The number of urea groups is 1. The van der Waals surface area contributed by atoms with Crippen LogP contribution >= 0.6 is 0 Å². The summed E-state index contributed by atoms with van der Waals surface area (Å²) < 4.78 is 5.78. The Morgan fingerprint density at radius 2 is 2.04 bits per heavy atom. The Bertz CT molecular complexity index is 564. The van der Waals surface area contributed by atoms with Gasteiger partial charge in [0.25, 0.3) is 0 Å². The molecule has 0 spiro atoms. The lowest BCUT2D eigenvalue weighted by atomic mass is 9.91. The molecule has 1 aliphatic rings. The van der Waals surface area contributed by atoms with Crippen molar-refractivity contribution in [1.29, 1.82) is 0 Å². The third kappa shape index (κ3) is 6.05. The van der Waals surface area contributed by atoms with Gasteiger partial charge in [0, 0.05) is 26.2 Å². The first-order valence-corrected chi connectivity index (χ1v) is 8.89. The summed E-state index contributed by atoms with van der Waals surface area (Å²) in [5, 5.41) is 12.0. The van der Waals surface area contributed by atoms with Crippen LogP contribution in [-0.2, 0) is 9.53 Å². The van der Waals surface area contributed by atoms with E-state index >= 15 is 0 Å². The highest BCUT2D eigenvalue weighted by Gasteiger charge is 2.31. The molecule has 25 heavy (non-hydrogen) atoms. The van der Waals surface area contributed by atoms with E-state index in [4.69, 9.17) is 4.74 Å². The average Bonchev–Trinajstić information content (AvgIpc) is 2.61. The molecule has 0 aliphatic carbocycles. The van der Waals surface area contributed by atoms with Gasteiger partial charge >= 0.3 is 12.0 Å². The quantitative estimate of drug-likeness (QED) is 0.743. The van der Waals surface area contributed by atoms with E-state index in [0.717, 1.165) is 5.56 Å². The van der Waals surface area contributed by atoms with Crippen molar-refractivity contribution in [2.75, 3.05) is 26.2 Å². The number of benzene rings is 1. The normalized spacial score (nSPS) is 21.6. The number of likely N-dealkylation sites (tertiary alicyclic amines) is 1. The molecule has 3 atom stereocenters. The molecule has 1 heterocycles. The van der Waals surface area contributed by atoms with Crippen LogP contribution < -0.4 is 5.32 Å². The third-order valence-corrected chi connectivity index (χ3v) is 4.53. The van der Waals surface area contributed by atoms with Gasteiger partial charge in [-0.25, -0.2) is 4.79 Å². The van der Waals surface area contributed by atoms with Gasteiger partial charge in [0.2, 0.25) is 0 Å². The number of nitrogens with zero attached hydrogens (tertiary/aromatic N) is 1. The fraction of sp³-hybridized carbons (Fsp3) is 0.579. The number of rotatable bonds is 7. The zero-order valence-corrected chi connectivity index (χ0v) is 15.0. The van der Waals surface area contributed by atoms with Crippen molar-refractivity contribution in [2.45, 2.75) is 32.8 Å². The summed E-state index contributed by atoms with van der Waals surface area (Å²) in [6.45, 7) is 5.96. The summed E-state index contributed by atoms with van der Waals surface area (Å²) in [4.78, 5) is 25.0. The van der Waals surface area contributed by atoms with Gasteiger partial charge in [-0.2, -0.15) is 0 Å². The minimum Gasteiger partial charge on any atom is -0.481 e. The smallest absolute Gasteiger partial charge is 0.317 e. The highest BCUT2D eigenvalue weighted by molar-refractivity contribution is 5.76. The summed E-state index contributed by atoms with van der Waals surface area (Å²) in [5.74, 6) is -1.09. The monoisotopic (exact) mass is 348 g/mol. The number of carboxylic acid groups (broad SMARTS) is 1. The molecule has 6 heteroatoms. The van der Waals surface area contributed by atoms with Crippen molar-refractivity contribution < 1.29 is 19.4 Å². The van der Waals surface area contributed by atoms with E-state index < -0.39 is 11.9 Å². The molecule has 1 aromatic carbocycles. The summed E-state index contributed by atoms with van der Waals surface area (Å²) in [5.41, 5.74) is 1.13. The fourth-order valence-corrected chi connectivity index (χ4v) is 3.16. The van der Waals surface area contributed by atoms with Crippen molar-refractivity contribution in [2.24, 2.45) is 11.8 Å². The zero-order chi connectivity index (χ0) is 18.2. The van der Waals surface area contributed by atoms with Crippen LogP contribution in [0.5, 0.6) is 0 Å². The molecule has 3 unspecified atom stereocenters. The number of carboxylic acids is 1. The van der Waals surface area contributed by atoms with Gasteiger partial charge < -0.3 is 20.1 Å². The Balaban J connectivity index is 1.66. The number of hydrogen-bond donors (Lipinski definition) is 2. The van der Waals surface area contributed by atoms with Crippen LogP contribution in [0.3, 0.4) is 0 Å². The number of ether oxygens (including phenoxy) is 1. The van der Waals surface area contributed by atoms with E-state index in [2.05, 4.69) is 5.32 Å². The van der Waals surface area contributed by atoms with E-state index in [1.807, 2.05) is 44.2 Å². The average molecular weight is 348 g/mol. The van der Waals surface area contributed by atoms with Crippen LogP contribution in [0.15, 0.2) is 30.3 Å². The zero-order valence-electron chi connectivity index (χ0n) is 15.0. The van der Waals surface area contributed by atoms with Crippen molar-refractivity contribution in [1.82, 2.24) is 10.2 Å². The second kappa shape index (κ2) is 9.42. The molecule has 0 aromatic heterocycles.